The molecule has 0 rings (SSSR count). The molecule has 1 N–H and O–H groups in total. The maximum atomic E-state index is 12.5. The zero-order chi connectivity index (χ0) is 34.7. The number of ether oxygens (including phenoxy) is 2. The van der Waals surface area contributed by atoms with Gasteiger partial charge in [0.15, 0.2) is 6.10 Å². The van der Waals surface area contributed by atoms with E-state index in [1.807, 2.05) is 0 Å². The topological polar surface area (TPSA) is 108 Å². The van der Waals surface area contributed by atoms with Crippen molar-refractivity contribution in [2.75, 3.05) is 19.8 Å². The molecule has 9 heteroatoms. The van der Waals surface area contributed by atoms with Crippen LogP contribution in [0.25, 0.3) is 0 Å². The number of carbonyl (C=O) groups excluding carboxylic acids is 2. The molecule has 2 atom stereocenters. The number of carbonyl (C=O) groups is 2. The Bertz CT molecular complexity index is 829. The normalized spacial score (nSPS) is 13.7. The van der Waals surface area contributed by atoms with Gasteiger partial charge in [-0.3, -0.25) is 18.6 Å². The van der Waals surface area contributed by atoms with Gasteiger partial charge >= 0.3 is 19.8 Å². The average Bonchev–Trinajstić information content (AvgIpc) is 3.04. The highest BCUT2D eigenvalue weighted by Gasteiger charge is 2.25. The smallest absolute Gasteiger partial charge is 0.462 e. The quantitative estimate of drug-likeness (QED) is 0.0304. The van der Waals surface area contributed by atoms with E-state index in [1.165, 1.54) is 70.6 Å². The second kappa shape index (κ2) is 34.4. The van der Waals surface area contributed by atoms with Crippen LogP contribution in [0.1, 0.15) is 181 Å². The van der Waals surface area contributed by atoms with Crippen molar-refractivity contribution in [2.45, 2.75) is 187 Å². The van der Waals surface area contributed by atoms with Crippen LogP contribution in [0, 0.1) is 0 Å². The molecule has 0 saturated carbocycles. The van der Waals surface area contributed by atoms with Gasteiger partial charge in [0.2, 0.25) is 0 Å². The molecule has 276 valence electrons. The molecular formula is C38H71O8P. The highest BCUT2D eigenvalue weighted by molar-refractivity contribution is 7.47. The number of esters is 2. The van der Waals surface area contributed by atoms with E-state index in [9.17, 15) is 19.0 Å². The van der Waals surface area contributed by atoms with E-state index in [1.54, 1.807) is 6.92 Å². The van der Waals surface area contributed by atoms with Gasteiger partial charge in [-0.25, -0.2) is 4.57 Å². The van der Waals surface area contributed by atoms with Gasteiger partial charge in [-0.15, -0.1) is 0 Å². The first-order valence-corrected chi connectivity index (χ1v) is 20.6. The summed E-state index contributed by atoms with van der Waals surface area (Å²) in [5.41, 5.74) is 0. The van der Waals surface area contributed by atoms with Gasteiger partial charge in [0.05, 0.1) is 13.2 Å². The van der Waals surface area contributed by atoms with E-state index < -0.39 is 26.5 Å². The number of hydrogen-bond acceptors (Lipinski definition) is 7. The number of allylic oxidation sites excluding steroid dienone is 4. The lowest BCUT2D eigenvalue weighted by molar-refractivity contribution is -0.161. The Morgan fingerprint density at radius 3 is 1.45 bits per heavy atom. The lowest BCUT2D eigenvalue weighted by Gasteiger charge is -2.19. The number of phosphoric ester groups is 1. The first-order valence-electron chi connectivity index (χ1n) is 19.1. The summed E-state index contributed by atoms with van der Waals surface area (Å²) < 4.78 is 32.5. The maximum absolute atomic E-state index is 12.5. The Labute approximate surface area is 288 Å². The highest BCUT2D eigenvalue weighted by atomic mass is 31.2. The van der Waals surface area contributed by atoms with Gasteiger partial charge < -0.3 is 14.4 Å². The molecule has 0 aliphatic rings. The number of phosphoric acid groups is 1. The van der Waals surface area contributed by atoms with Crippen molar-refractivity contribution in [3.8, 4) is 0 Å². The van der Waals surface area contributed by atoms with Gasteiger partial charge in [-0.1, -0.05) is 122 Å². The van der Waals surface area contributed by atoms with Gasteiger partial charge in [0, 0.05) is 12.8 Å². The van der Waals surface area contributed by atoms with E-state index in [2.05, 4.69) is 38.2 Å². The predicted octanol–water partition coefficient (Wildman–Crippen LogP) is 11.5. The van der Waals surface area contributed by atoms with Crippen LogP contribution in [-0.2, 0) is 32.7 Å². The lowest BCUT2D eigenvalue weighted by atomic mass is 10.1. The number of unbranched alkanes of at least 4 members (excludes halogenated alkanes) is 19. The molecule has 0 fully saturated rings. The van der Waals surface area contributed by atoms with Crippen LogP contribution in [0.3, 0.4) is 0 Å². The molecule has 47 heavy (non-hydrogen) atoms. The van der Waals surface area contributed by atoms with Crippen LogP contribution < -0.4 is 0 Å². The zero-order valence-corrected chi connectivity index (χ0v) is 31.3. The summed E-state index contributed by atoms with van der Waals surface area (Å²) in [6.07, 6.45) is 35.1. The van der Waals surface area contributed by atoms with Crippen molar-refractivity contribution >= 4 is 19.8 Å². The molecule has 0 aliphatic carbocycles. The molecule has 0 spiro atoms. The maximum Gasteiger partial charge on any atom is 0.472 e. The number of hydrogen-bond donors (Lipinski definition) is 1. The molecule has 0 saturated heterocycles. The summed E-state index contributed by atoms with van der Waals surface area (Å²) in [6.45, 7) is 5.41. The molecule has 0 bridgehead atoms. The molecule has 0 heterocycles. The second-order valence-electron chi connectivity index (χ2n) is 12.6. The van der Waals surface area contributed by atoms with Crippen molar-refractivity contribution in [1.82, 2.24) is 0 Å². The first-order chi connectivity index (χ1) is 22.8. The van der Waals surface area contributed by atoms with E-state index >= 15 is 0 Å². The largest absolute Gasteiger partial charge is 0.472 e. The lowest BCUT2D eigenvalue weighted by Crippen LogP contribution is -2.29. The summed E-state index contributed by atoms with van der Waals surface area (Å²) in [6, 6.07) is 0. The van der Waals surface area contributed by atoms with E-state index in [4.69, 9.17) is 18.5 Å². The fraction of sp³-hybridized carbons (Fsp3) is 0.842. The third-order valence-electron chi connectivity index (χ3n) is 7.98. The molecule has 0 aromatic rings. The monoisotopic (exact) mass is 686 g/mol. The predicted molar refractivity (Wildman–Crippen MR) is 193 cm³/mol. The fourth-order valence-corrected chi connectivity index (χ4v) is 5.90. The van der Waals surface area contributed by atoms with Gasteiger partial charge in [-0.2, -0.15) is 0 Å². The SMILES string of the molecule is CCCCC/C=C\CCCCCCCC(=O)OCC(COP(=O)(O)OCC)OC(=O)CCCCCCC/C=C\CCCCCCCC. The Kier molecular flexibility index (Phi) is 33.3. The Morgan fingerprint density at radius 2 is 0.957 bits per heavy atom. The second-order valence-corrected chi connectivity index (χ2v) is 14.0. The van der Waals surface area contributed by atoms with Crippen LogP contribution in [0.15, 0.2) is 24.3 Å². The van der Waals surface area contributed by atoms with Crippen LogP contribution in [0.5, 0.6) is 0 Å². The average molecular weight is 687 g/mol. The van der Waals surface area contributed by atoms with E-state index in [0.717, 1.165) is 70.6 Å². The first kappa shape index (κ1) is 45.5. The molecule has 0 amide bonds. The molecular weight excluding hydrogens is 615 g/mol. The van der Waals surface area contributed by atoms with Crippen LogP contribution in [0.4, 0.5) is 0 Å². The van der Waals surface area contributed by atoms with Crippen LogP contribution in [-0.4, -0.2) is 42.8 Å². The van der Waals surface area contributed by atoms with Crippen molar-refractivity contribution in [1.29, 1.82) is 0 Å². The minimum atomic E-state index is -4.27. The van der Waals surface area contributed by atoms with Crippen molar-refractivity contribution in [3.63, 3.8) is 0 Å². The van der Waals surface area contributed by atoms with Gasteiger partial charge in [-0.05, 0) is 71.1 Å². The standard InChI is InChI=1S/C38H71O8P/c1-4-7-9-11-13-15-17-19-20-21-23-25-27-29-31-33-38(40)46-36(35-45-47(41,42)44-6-3)34-43-37(39)32-30-28-26-24-22-18-16-14-12-10-8-5-2/h14,16,19-20,36H,4-13,15,17-18,21-35H2,1-3H3,(H,41,42)/b16-14-,20-19-. The van der Waals surface area contributed by atoms with Crippen molar-refractivity contribution < 1.29 is 37.6 Å². The van der Waals surface area contributed by atoms with Crippen LogP contribution in [0.2, 0.25) is 0 Å². The zero-order valence-electron chi connectivity index (χ0n) is 30.4. The minimum absolute atomic E-state index is 0.00154. The summed E-state index contributed by atoms with van der Waals surface area (Å²) in [7, 11) is -4.27. The van der Waals surface area contributed by atoms with Gasteiger partial charge in [0.25, 0.3) is 0 Å². The third kappa shape index (κ3) is 34.2. The summed E-state index contributed by atoms with van der Waals surface area (Å²) in [5.74, 6) is -0.817. The molecule has 0 radical (unpaired) electrons. The summed E-state index contributed by atoms with van der Waals surface area (Å²) in [5, 5.41) is 0. The van der Waals surface area contributed by atoms with Crippen molar-refractivity contribution in [2.24, 2.45) is 0 Å². The summed E-state index contributed by atoms with van der Waals surface area (Å²) >= 11 is 0. The Morgan fingerprint density at radius 1 is 0.553 bits per heavy atom. The van der Waals surface area contributed by atoms with Crippen molar-refractivity contribution in [3.05, 3.63) is 24.3 Å². The molecule has 0 aromatic carbocycles. The van der Waals surface area contributed by atoms with E-state index in [-0.39, 0.29) is 32.0 Å². The van der Waals surface area contributed by atoms with E-state index in [0.29, 0.717) is 6.42 Å². The number of rotatable bonds is 35. The fourth-order valence-electron chi connectivity index (χ4n) is 5.15. The molecule has 0 aliphatic heterocycles. The Balaban J connectivity index is 4.17. The molecule has 2 unspecified atom stereocenters. The van der Waals surface area contributed by atoms with Crippen LogP contribution >= 0.6 is 7.82 Å². The summed E-state index contributed by atoms with van der Waals surface area (Å²) in [4.78, 5) is 34.5. The third-order valence-corrected chi connectivity index (χ3v) is 9.04. The Hall–Kier alpha value is -1.47. The molecule has 8 nitrogen and oxygen atoms in total. The minimum Gasteiger partial charge on any atom is -0.462 e. The highest BCUT2D eigenvalue weighted by Crippen LogP contribution is 2.43. The molecule has 0 aromatic heterocycles. The van der Waals surface area contributed by atoms with Gasteiger partial charge in [0.1, 0.15) is 6.61 Å².